The molecule has 0 bridgehead atoms. The third kappa shape index (κ3) is 3.58. The first-order chi connectivity index (χ1) is 11.5. The Hall–Kier alpha value is -2.38. The minimum absolute atomic E-state index is 0.0766. The molecule has 0 radical (unpaired) electrons. The maximum Gasteiger partial charge on any atom is 0.280 e. The average Bonchev–Trinajstić information content (AvgIpc) is 2.91. The second-order valence-electron chi connectivity index (χ2n) is 5.04. The van der Waals surface area contributed by atoms with Crippen LogP contribution in [0.1, 0.15) is 16.1 Å². The van der Waals surface area contributed by atoms with Gasteiger partial charge in [-0.2, -0.15) is 0 Å². The Balaban J connectivity index is 1.79. The standard InChI is InChI=1S/C16H13BrClN5O/c17-12-6-1-2-7-13(12)20-16(24)14-15(19)23(22-21-14)9-10-4-3-5-11(18)8-10/h1-8H,9,19H2,(H,20,24). The second-order valence-corrected chi connectivity index (χ2v) is 6.34. The fourth-order valence-electron chi connectivity index (χ4n) is 2.15. The quantitative estimate of drug-likeness (QED) is 0.693. The second kappa shape index (κ2) is 7.02. The van der Waals surface area contributed by atoms with E-state index in [1.54, 1.807) is 12.1 Å². The summed E-state index contributed by atoms with van der Waals surface area (Å²) in [5.41, 5.74) is 7.64. The smallest absolute Gasteiger partial charge is 0.280 e. The molecule has 24 heavy (non-hydrogen) atoms. The number of carbonyl (C=O) groups excluding carboxylic acids is 1. The normalized spacial score (nSPS) is 10.6. The molecule has 0 spiro atoms. The predicted octanol–water partition coefficient (Wildman–Crippen LogP) is 3.58. The summed E-state index contributed by atoms with van der Waals surface area (Å²) >= 11 is 9.34. The number of nitrogens with two attached hydrogens (primary N) is 1. The number of carbonyl (C=O) groups is 1. The SMILES string of the molecule is Nc1c(C(=O)Nc2ccccc2Br)nnn1Cc1cccc(Cl)c1. The zero-order valence-corrected chi connectivity index (χ0v) is 14.8. The molecule has 2 aromatic carbocycles. The van der Waals surface area contributed by atoms with Crippen LogP contribution in [-0.2, 0) is 6.54 Å². The predicted molar refractivity (Wildman–Crippen MR) is 97.1 cm³/mol. The summed E-state index contributed by atoms with van der Waals surface area (Å²) in [6.07, 6.45) is 0. The summed E-state index contributed by atoms with van der Waals surface area (Å²) in [4.78, 5) is 12.4. The highest BCUT2D eigenvalue weighted by Gasteiger charge is 2.18. The van der Waals surface area contributed by atoms with Crippen molar-refractivity contribution in [1.29, 1.82) is 0 Å². The van der Waals surface area contributed by atoms with Gasteiger partial charge in [-0.05, 0) is 45.8 Å². The molecule has 0 unspecified atom stereocenters. The number of nitrogen functional groups attached to an aromatic ring is 1. The van der Waals surface area contributed by atoms with Gasteiger partial charge in [0.25, 0.3) is 5.91 Å². The van der Waals surface area contributed by atoms with E-state index >= 15 is 0 Å². The highest BCUT2D eigenvalue weighted by Crippen LogP contribution is 2.22. The summed E-state index contributed by atoms with van der Waals surface area (Å²) in [6, 6.07) is 14.6. The lowest BCUT2D eigenvalue weighted by Gasteiger charge is -2.06. The van der Waals surface area contributed by atoms with Gasteiger partial charge < -0.3 is 11.1 Å². The highest BCUT2D eigenvalue weighted by atomic mass is 79.9. The third-order valence-corrected chi connectivity index (χ3v) is 4.26. The maximum absolute atomic E-state index is 12.4. The zero-order chi connectivity index (χ0) is 17.1. The molecule has 3 aromatic rings. The number of para-hydroxylation sites is 1. The van der Waals surface area contributed by atoms with Gasteiger partial charge in [0.05, 0.1) is 12.2 Å². The van der Waals surface area contributed by atoms with Crippen molar-refractivity contribution in [2.24, 2.45) is 0 Å². The zero-order valence-electron chi connectivity index (χ0n) is 12.4. The van der Waals surface area contributed by atoms with Crippen LogP contribution in [0.5, 0.6) is 0 Å². The van der Waals surface area contributed by atoms with Crippen LogP contribution in [0.15, 0.2) is 53.0 Å². The number of anilines is 2. The maximum atomic E-state index is 12.4. The van der Waals surface area contributed by atoms with Gasteiger partial charge in [0, 0.05) is 9.50 Å². The summed E-state index contributed by atoms with van der Waals surface area (Å²) < 4.78 is 2.23. The number of hydrogen-bond acceptors (Lipinski definition) is 4. The molecule has 8 heteroatoms. The lowest BCUT2D eigenvalue weighted by Crippen LogP contribution is -2.15. The van der Waals surface area contributed by atoms with E-state index in [0.717, 1.165) is 10.0 Å². The molecule has 3 rings (SSSR count). The van der Waals surface area contributed by atoms with Crippen molar-refractivity contribution < 1.29 is 4.79 Å². The summed E-state index contributed by atoms with van der Waals surface area (Å²) in [6.45, 7) is 0.377. The van der Waals surface area contributed by atoms with Crippen molar-refractivity contribution in [2.45, 2.75) is 6.54 Å². The van der Waals surface area contributed by atoms with Crippen LogP contribution < -0.4 is 11.1 Å². The van der Waals surface area contributed by atoms with Gasteiger partial charge in [-0.1, -0.05) is 41.1 Å². The summed E-state index contributed by atoms with van der Waals surface area (Å²) in [5, 5.41) is 11.2. The van der Waals surface area contributed by atoms with Crippen molar-refractivity contribution in [3.8, 4) is 0 Å². The minimum Gasteiger partial charge on any atom is -0.382 e. The molecule has 0 aliphatic carbocycles. The Morgan fingerprint density at radius 1 is 1.25 bits per heavy atom. The summed E-state index contributed by atoms with van der Waals surface area (Å²) in [5.74, 6) is -0.226. The Morgan fingerprint density at radius 2 is 2.04 bits per heavy atom. The highest BCUT2D eigenvalue weighted by molar-refractivity contribution is 9.10. The van der Waals surface area contributed by atoms with Crippen molar-refractivity contribution in [2.75, 3.05) is 11.1 Å². The molecule has 1 aromatic heterocycles. The van der Waals surface area contributed by atoms with Gasteiger partial charge in [0.1, 0.15) is 0 Å². The van der Waals surface area contributed by atoms with E-state index in [4.69, 9.17) is 17.3 Å². The number of nitrogens with one attached hydrogen (secondary N) is 1. The topological polar surface area (TPSA) is 85.8 Å². The van der Waals surface area contributed by atoms with E-state index in [9.17, 15) is 4.79 Å². The van der Waals surface area contributed by atoms with Gasteiger partial charge in [0.2, 0.25) is 0 Å². The molecule has 6 nitrogen and oxygen atoms in total. The molecule has 1 amide bonds. The van der Waals surface area contributed by atoms with E-state index in [-0.39, 0.29) is 11.5 Å². The van der Waals surface area contributed by atoms with Gasteiger partial charge in [0.15, 0.2) is 11.5 Å². The van der Waals surface area contributed by atoms with Crippen LogP contribution in [0.25, 0.3) is 0 Å². The first-order valence-electron chi connectivity index (χ1n) is 7.04. The number of rotatable bonds is 4. The fourth-order valence-corrected chi connectivity index (χ4v) is 2.75. The number of nitrogens with zero attached hydrogens (tertiary/aromatic N) is 3. The number of amides is 1. The van der Waals surface area contributed by atoms with E-state index in [1.165, 1.54) is 4.68 Å². The largest absolute Gasteiger partial charge is 0.382 e. The lowest BCUT2D eigenvalue weighted by atomic mass is 10.2. The van der Waals surface area contributed by atoms with Crippen LogP contribution in [0.3, 0.4) is 0 Å². The van der Waals surface area contributed by atoms with E-state index in [0.29, 0.717) is 17.3 Å². The van der Waals surface area contributed by atoms with Gasteiger partial charge in [-0.25, -0.2) is 4.68 Å². The monoisotopic (exact) mass is 405 g/mol. The number of aromatic nitrogens is 3. The van der Waals surface area contributed by atoms with Crippen molar-refractivity contribution in [3.05, 3.63) is 69.3 Å². The van der Waals surface area contributed by atoms with Gasteiger partial charge in [-0.15, -0.1) is 5.10 Å². The molecule has 0 aliphatic rings. The Kier molecular flexibility index (Phi) is 4.82. The first-order valence-corrected chi connectivity index (χ1v) is 8.21. The lowest BCUT2D eigenvalue weighted by molar-refractivity contribution is 0.102. The van der Waals surface area contributed by atoms with Crippen molar-refractivity contribution in [1.82, 2.24) is 15.0 Å². The van der Waals surface area contributed by atoms with Crippen LogP contribution in [0.4, 0.5) is 11.5 Å². The Bertz CT molecular complexity index is 896. The number of halogens is 2. The molecule has 0 saturated carbocycles. The van der Waals surface area contributed by atoms with E-state index in [2.05, 4.69) is 31.6 Å². The van der Waals surface area contributed by atoms with Crippen molar-refractivity contribution in [3.63, 3.8) is 0 Å². The van der Waals surface area contributed by atoms with Crippen molar-refractivity contribution >= 4 is 44.9 Å². The number of hydrogen-bond donors (Lipinski definition) is 2. The molecule has 0 atom stereocenters. The summed E-state index contributed by atoms with van der Waals surface area (Å²) in [7, 11) is 0. The molecule has 1 heterocycles. The Labute approximate surface area is 151 Å². The molecule has 3 N–H and O–H groups in total. The van der Waals surface area contributed by atoms with Gasteiger partial charge >= 0.3 is 0 Å². The molecule has 122 valence electrons. The van der Waals surface area contributed by atoms with Crippen LogP contribution in [-0.4, -0.2) is 20.9 Å². The van der Waals surface area contributed by atoms with E-state index < -0.39 is 5.91 Å². The van der Waals surface area contributed by atoms with E-state index in [1.807, 2.05) is 36.4 Å². The van der Waals surface area contributed by atoms with Crippen LogP contribution in [0.2, 0.25) is 5.02 Å². The van der Waals surface area contributed by atoms with Crippen LogP contribution in [0, 0.1) is 0 Å². The fraction of sp³-hybridized carbons (Fsp3) is 0.0625. The minimum atomic E-state index is -0.420. The molecule has 0 aliphatic heterocycles. The number of benzene rings is 2. The van der Waals surface area contributed by atoms with Crippen LogP contribution >= 0.6 is 27.5 Å². The first kappa shape index (κ1) is 16.5. The Morgan fingerprint density at radius 3 is 2.79 bits per heavy atom. The van der Waals surface area contributed by atoms with Gasteiger partial charge in [-0.3, -0.25) is 4.79 Å². The average molecular weight is 407 g/mol. The molecular weight excluding hydrogens is 394 g/mol. The molecule has 0 fully saturated rings. The third-order valence-electron chi connectivity index (χ3n) is 3.33. The molecular formula is C16H13BrClN5O. The molecule has 0 saturated heterocycles.